The molecule has 2 amide bonds. The van der Waals surface area contributed by atoms with Crippen molar-refractivity contribution in [3.8, 4) is 0 Å². The van der Waals surface area contributed by atoms with E-state index in [0.717, 1.165) is 25.7 Å². The lowest BCUT2D eigenvalue weighted by Crippen LogP contribution is -2.49. The molecule has 0 aromatic rings. The molecule has 18 heavy (non-hydrogen) atoms. The molecule has 0 spiro atoms. The zero-order valence-electron chi connectivity index (χ0n) is 10.9. The van der Waals surface area contributed by atoms with Crippen molar-refractivity contribution in [1.29, 1.82) is 0 Å². The zero-order chi connectivity index (χ0) is 13.2. The van der Waals surface area contributed by atoms with Crippen molar-refractivity contribution >= 4 is 12.0 Å². The zero-order valence-corrected chi connectivity index (χ0v) is 10.9. The summed E-state index contributed by atoms with van der Waals surface area (Å²) >= 11 is 0. The van der Waals surface area contributed by atoms with Crippen molar-refractivity contribution in [2.24, 2.45) is 11.3 Å². The SMILES string of the molecule is CC1(CNC(=O)NC(C(=O)O)C2CC2)CCCC1. The number of carbonyl (C=O) groups is 2. The quantitative estimate of drug-likeness (QED) is 0.699. The summed E-state index contributed by atoms with van der Waals surface area (Å²) in [6.45, 7) is 2.81. The fourth-order valence-corrected chi connectivity index (χ4v) is 2.70. The molecule has 1 unspecified atom stereocenters. The number of carbonyl (C=O) groups excluding carboxylic acids is 1. The minimum absolute atomic E-state index is 0.121. The Bertz CT molecular complexity index is 333. The van der Waals surface area contributed by atoms with E-state index >= 15 is 0 Å². The van der Waals surface area contributed by atoms with Crippen molar-refractivity contribution < 1.29 is 14.7 Å². The molecule has 0 saturated heterocycles. The van der Waals surface area contributed by atoms with E-state index in [1.165, 1.54) is 12.8 Å². The second-order valence-corrected chi connectivity index (χ2v) is 6.00. The summed E-state index contributed by atoms with van der Waals surface area (Å²) < 4.78 is 0. The third-order valence-electron chi connectivity index (χ3n) is 4.13. The monoisotopic (exact) mass is 254 g/mol. The Morgan fingerprint density at radius 1 is 1.33 bits per heavy atom. The van der Waals surface area contributed by atoms with Gasteiger partial charge in [0.2, 0.25) is 0 Å². The third kappa shape index (κ3) is 3.37. The molecule has 0 aromatic carbocycles. The average Bonchev–Trinajstić information content (AvgIpc) is 3.06. The summed E-state index contributed by atoms with van der Waals surface area (Å²) in [5, 5.41) is 14.4. The molecule has 102 valence electrons. The molecule has 1 atom stereocenters. The van der Waals surface area contributed by atoms with E-state index in [1.54, 1.807) is 0 Å². The van der Waals surface area contributed by atoms with Crippen LogP contribution in [0, 0.1) is 11.3 Å². The van der Waals surface area contributed by atoms with Gasteiger partial charge in [0.25, 0.3) is 0 Å². The van der Waals surface area contributed by atoms with Crippen LogP contribution in [0.4, 0.5) is 4.79 Å². The Morgan fingerprint density at radius 3 is 2.44 bits per heavy atom. The van der Waals surface area contributed by atoms with Gasteiger partial charge in [-0.05, 0) is 37.0 Å². The van der Waals surface area contributed by atoms with Crippen molar-refractivity contribution in [2.45, 2.75) is 51.5 Å². The molecule has 5 heteroatoms. The molecular weight excluding hydrogens is 232 g/mol. The van der Waals surface area contributed by atoms with Crippen molar-refractivity contribution in [3.63, 3.8) is 0 Å². The van der Waals surface area contributed by atoms with Crippen LogP contribution in [0.2, 0.25) is 0 Å². The van der Waals surface area contributed by atoms with Gasteiger partial charge in [0.1, 0.15) is 6.04 Å². The molecule has 0 radical (unpaired) electrons. The fraction of sp³-hybridized carbons (Fsp3) is 0.846. The van der Waals surface area contributed by atoms with E-state index in [1.807, 2.05) is 0 Å². The lowest BCUT2D eigenvalue weighted by atomic mass is 9.89. The number of hydrogen-bond donors (Lipinski definition) is 3. The summed E-state index contributed by atoms with van der Waals surface area (Å²) in [7, 11) is 0. The van der Waals surface area contributed by atoms with Crippen LogP contribution in [-0.4, -0.2) is 29.7 Å². The second kappa shape index (κ2) is 5.16. The van der Waals surface area contributed by atoms with Crippen LogP contribution in [0.15, 0.2) is 0 Å². The number of hydrogen-bond acceptors (Lipinski definition) is 2. The maximum absolute atomic E-state index is 11.7. The van der Waals surface area contributed by atoms with Crippen LogP contribution in [0.1, 0.15) is 45.4 Å². The Hall–Kier alpha value is -1.26. The van der Waals surface area contributed by atoms with Gasteiger partial charge >= 0.3 is 12.0 Å². The third-order valence-corrected chi connectivity index (χ3v) is 4.13. The smallest absolute Gasteiger partial charge is 0.326 e. The molecule has 5 nitrogen and oxygen atoms in total. The van der Waals surface area contributed by atoms with Gasteiger partial charge in [0.05, 0.1) is 0 Å². The summed E-state index contributed by atoms with van der Waals surface area (Å²) in [4.78, 5) is 22.7. The van der Waals surface area contributed by atoms with Crippen LogP contribution in [-0.2, 0) is 4.79 Å². The number of amides is 2. The van der Waals surface area contributed by atoms with Gasteiger partial charge in [0, 0.05) is 6.54 Å². The van der Waals surface area contributed by atoms with E-state index in [0.29, 0.717) is 6.54 Å². The van der Waals surface area contributed by atoms with Crippen LogP contribution in [0.3, 0.4) is 0 Å². The highest BCUT2D eigenvalue weighted by atomic mass is 16.4. The summed E-state index contributed by atoms with van der Waals surface area (Å²) in [5.74, 6) is -0.810. The Kier molecular flexibility index (Phi) is 3.78. The minimum Gasteiger partial charge on any atom is -0.480 e. The number of rotatable bonds is 5. The highest BCUT2D eigenvalue weighted by Gasteiger charge is 2.37. The van der Waals surface area contributed by atoms with Crippen molar-refractivity contribution in [2.75, 3.05) is 6.54 Å². The molecule has 2 saturated carbocycles. The number of carboxylic acid groups (broad SMARTS) is 1. The Morgan fingerprint density at radius 2 is 1.94 bits per heavy atom. The molecule has 0 aromatic heterocycles. The van der Waals surface area contributed by atoms with E-state index in [2.05, 4.69) is 17.6 Å². The first-order valence-electron chi connectivity index (χ1n) is 6.77. The molecule has 3 N–H and O–H groups in total. The number of aliphatic carboxylic acids is 1. The molecule has 0 aliphatic heterocycles. The fourth-order valence-electron chi connectivity index (χ4n) is 2.70. The van der Waals surface area contributed by atoms with E-state index in [4.69, 9.17) is 5.11 Å². The Labute approximate surface area is 107 Å². The highest BCUT2D eigenvalue weighted by molar-refractivity contribution is 5.83. The number of urea groups is 1. The first-order valence-corrected chi connectivity index (χ1v) is 6.77. The minimum atomic E-state index is -0.931. The van der Waals surface area contributed by atoms with Crippen LogP contribution in [0.5, 0.6) is 0 Å². The van der Waals surface area contributed by atoms with Gasteiger partial charge in [-0.1, -0.05) is 19.8 Å². The summed E-state index contributed by atoms with van der Waals surface area (Å²) in [5.41, 5.74) is 0.190. The molecular formula is C13H22N2O3. The molecule has 0 bridgehead atoms. The topological polar surface area (TPSA) is 78.4 Å². The standard InChI is InChI=1S/C13H22N2O3/c1-13(6-2-3-7-13)8-14-12(18)15-10(11(16)17)9-4-5-9/h9-10H,2-8H2,1H3,(H,16,17)(H2,14,15,18). The van der Waals surface area contributed by atoms with E-state index in [9.17, 15) is 9.59 Å². The average molecular weight is 254 g/mol. The largest absolute Gasteiger partial charge is 0.480 e. The molecule has 0 heterocycles. The van der Waals surface area contributed by atoms with Gasteiger partial charge in [-0.15, -0.1) is 0 Å². The normalized spacial score (nSPS) is 23.4. The maximum atomic E-state index is 11.7. The van der Waals surface area contributed by atoms with Gasteiger partial charge in [-0.2, -0.15) is 0 Å². The van der Waals surface area contributed by atoms with E-state index in [-0.39, 0.29) is 17.4 Å². The highest BCUT2D eigenvalue weighted by Crippen LogP contribution is 2.36. The van der Waals surface area contributed by atoms with Gasteiger partial charge in [-0.25, -0.2) is 9.59 Å². The molecule has 2 aliphatic carbocycles. The van der Waals surface area contributed by atoms with Gasteiger partial charge in [-0.3, -0.25) is 0 Å². The first kappa shape index (κ1) is 13.2. The second-order valence-electron chi connectivity index (χ2n) is 6.00. The van der Waals surface area contributed by atoms with Crippen molar-refractivity contribution in [1.82, 2.24) is 10.6 Å². The summed E-state index contributed by atoms with van der Waals surface area (Å²) in [6.07, 6.45) is 6.51. The molecule has 2 rings (SSSR count). The number of carboxylic acids is 1. The van der Waals surface area contributed by atoms with Crippen LogP contribution in [0.25, 0.3) is 0 Å². The lowest BCUT2D eigenvalue weighted by molar-refractivity contribution is -0.139. The predicted octanol–water partition coefficient (Wildman–Crippen LogP) is 1.73. The van der Waals surface area contributed by atoms with Gasteiger partial charge in [0.15, 0.2) is 0 Å². The number of nitrogens with one attached hydrogen (secondary N) is 2. The Balaban J connectivity index is 1.75. The van der Waals surface area contributed by atoms with E-state index < -0.39 is 12.0 Å². The summed E-state index contributed by atoms with van der Waals surface area (Å²) in [6, 6.07) is -1.07. The molecule has 2 fully saturated rings. The maximum Gasteiger partial charge on any atom is 0.326 e. The predicted molar refractivity (Wildman–Crippen MR) is 67.3 cm³/mol. The van der Waals surface area contributed by atoms with Gasteiger partial charge < -0.3 is 15.7 Å². The first-order chi connectivity index (χ1) is 8.50. The lowest BCUT2D eigenvalue weighted by Gasteiger charge is -2.24. The van der Waals surface area contributed by atoms with Crippen molar-refractivity contribution in [3.05, 3.63) is 0 Å². The van der Waals surface area contributed by atoms with Crippen LogP contribution < -0.4 is 10.6 Å². The van der Waals surface area contributed by atoms with Crippen LogP contribution >= 0.6 is 0 Å². The molecule has 2 aliphatic rings.